The van der Waals surface area contributed by atoms with E-state index in [-0.39, 0.29) is 31.2 Å². The Kier molecular flexibility index (Phi) is 10.1. The molecule has 3 aliphatic carbocycles. The molecule has 2 aliphatic heterocycles. The Hall–Kier alpha value is -4.81. The smallest absolute Gasteiger partial charge is 0.259 e. The van der Waals surface area contributed by atoms with Crippen molar-refractivity contribution < 1.29 is 27.6 Å². The van der Waals surface area contributed by atoms with Crippen molar-refractivity contribution in [3.63, 3.8) is 0 Å². The third-order valence-corrected chi connectivity index (χ3v) is 13.3. The molecule has 0 radical (unpaired) electrons. The van der Waals surface area contributed by atoms with Crippen LogP contribution in [0, 0.1) is 5.92 Å². The van der Waals surface area contributed by atoms with Gasteiger partial charge in [-0.15, -0.1) is 0 Å². The van der Waals surface area contributed by atoms with E-state index in [1.807, 2.05) is 66.7 Å². The first-order chi connectivity index (χ1) is 26.2. The largest absolute Gasteiger partial charge is 0.390 e. The molecule has 2 saturated carbocycles. The quantitative estimate of drug-likeness (QED) is 0.167. The van der Waals surface area contributed by atoms with Crippen LogP contribution < -0.4 is 15.4 Å². The van der Waals surface area contributed by atoms with Gasteiger partial charge in [-0.1, -0.05) is 109 Å². The fraction of sp³-hybridized carbons (Fsp3) is 0.429. The Morgan fingerprint density at radius 1 is 0.889 bits per heavy atom. The maximum Gasteiger partial charge on any atom is 0.259 e. The molecule has 12 heteroatoms. The molecule has 11 nitrogen and oxygen atoms in total. The van der Waals surface area contributed by atoms with Crippen molar-refractivity contribution in [2.24, 2.45) is 11.1 Å². The van der Waals surface area contributed by atoms with Gasteiger partial charge < -0.3 is 20.4 Å². The van der Waals surface area contributed by atoms with Gasteiger partial charge >= 0.3 is 0 Å². The minimum absolute atomic E-state index is 0.131. The van der Waals surface area contributed by atoms with Crippen LogP contribution in [-0.4, -0.2) is 78.8 Å². The lowest BCUT2D eigenvalue weighted by Gasteiger charge is -2.30. The van der Waals surface area contributed by atoms with Gasteiger partial charge in [0, 0.05) is 23.5 Å². The van der Waals surface area contributed by atoms with E-state index in [1.54, 1.807) is 4.90 Å². The molecule has 282 valence electrons. The number of hydrogen-bond donors (Lipinski definition) is 3. The van der Waals surface area contributed by atoms with E-state index < -0.39 is 50.8 Å². The molecular formula is C42H47N5O6S. The second-order valence-corrected chi connectivity index (χ2v) is 17.2. The summed E-state index contributed by atoms with van der Waals surface area (Å²) in [5.41, 5.74) is 4.46. The molecule has 54 heavy (non-hydrogen) atoms. The van der Waals surface area contributed by atoms with Gasteiger partial charge in [0.2, 0.25) is 21.8 Å². The van der Waals surface area contributed by atoms with Crippen molar-refractivity contribution >= 4 is 33.5 Å². The van der Waals surface area contributed by atoms with Gasteiger partial charge in [-0.25, -0.2) is 8.42 Å². The first-order valence-corrected chi connectivity index (χ1v) is 20.8. The second-order valence-electron chi connectivity index (χ2n) is 15.3. The highest BCUT2D eigenvalue weighted by atomic mass is 32.2. The second kappa shape index (κ2) is 15.1. The number of hydrogen-bond acceptors (Lipinski definition) is 8. The summed E-state index contributed by atoms with van der Waals surface area (Å²) in [4.78, 5) is 50.6. The maximum atomic E-state index is 14.6. The van der Waals surface area contributed by atoms with Gasteiger partial charge in [-0.05, 0) is 68.2 Å². The average molecular weight is 750 g/mol. The molecular weight excluding hydrogens is 703 g/mol. The first kappa shape index (κ1) is 36.2. The summed E-state index contributed by atoms with van der Waals surface area (Å²) in [6, 6.07) is 24.6. The molecule has 0 bridgehead atoms. The van der Waals surface area contributed by atoms with E-state index in [0.29, 0.717) is 31.5 Å². The van der Waals surface area contributed by atoms with Crippen LogP contribution >= 0.6 is 0 Å². The lowest BCUT2D eigenvalue weighted by atomic mass is 10.0. The minimum Gasteiger partial charge on any atom is -0.390 e. The van der Waals surface area contributed by atoms with Gasteiger partial charge in [-0.3, -0.25) is 19.1 Å². The molecule has 3 aromatic carbocycles. The molecule has 3 aromatic rings. The third kappa shape index (κ3) is 7.46. The van der Waals surface area contributed by atoms with Crippen LogP contribution in [0.5, 0.6) is 0 Å². The van der Waals surface area contributed by atoms with E-state index in [2.05, 4.69) is 44.8 Å². The standard InChI is InChI=1S/C42H47N5O6S/c48-39-37-25-30(53-45-38-34-18-11-9-16-32(34)33-17-10-12-19-35(33)38)27-47(37)40(49)36(43-24-23-28-13-5-4-6-14-28)20-8-3-1-2-7-15-29-26-42(29,44-39)41(50)46-54(51,52)31-21-22-31/h4-7,9-19,29-31,36-37,43H,1-3,8,20-27H2,(H,44,48)(H,46,50)/b15-7-/t29?,30-,36+,37+,42-/m1/s1. The van der Waals surface area contributed by atoms with Crippen LogP contribution in [0.1, 0.15) is 74.5 Å². The summed E-state index contributed by atoms with van der Waals surface area (Å²) in [6.45, 7) is 0.715. The Balaban J connectivity index is 1.07. The Labute approximate surface area is 316 Å². The number of fused-ring (bicyclic) bond motifs is 5. The average Bonchev–Trinajstić information content (AvgIpc) is 4.09. The molecule has 3 amide bonds. The zero-order valence-corrected chi connectivity index (χ0v) is 31.1. The van der Waals surface area contributed by atoms with E-state index >= 15 is 0 Å². The van der Waals surface area contributed by atoms with Crippen molar-refractivity contribution in [3.05, 3.63) is 108 Å². The summed E-state index contributed by atoms with van der Waals surface area (Å²) in [6.07, 6.45) is 9.58. The zero-order valence-electron chi connectivity index (χ0n) is 30.3. The van der Waals surface area contributed by atoms with Gasteiger partial charge in [0.1, 0.15) is 23.4 Å². The molecule has 1 unspecified atom stereocenters. The number of carbonyl (C=O) groups is 3. The van der Waals surface area contributed by atoms with Crippen LogP contribution in [-0.2, 0) is 35.7 Å². The van der Waals surface area contributed by atoms with Crippen molar-refractivity contribution in [2.45, 2.75) is 93.2 Å². The molecule has 5 aliphatic rings. The van der Waals surface area contributed by atoms with Gasteiger partial charge in [0.25, 0.3) is 5.91 Å². The Morgan fingerprint density at radius 3 is 2.28 bits per heavy atom. The van der Waals surface area contributed by atoms with Gasteiger partial charge in [-0.2, -0.15) is 0 Å². The molecule has 3 N–H and O–H groups in total. The summed E-state index contributed by atoms with van der Waals surface area (Å²) < 4.78 is 28.0. The van der Waals surface area contributed by atoms with E-state index in [9.17, 15) is 22.8 Å². The minimum atomic E-state index is -3.84. The van der Waals surface area contributed by atoms with Crippen molar-refractivity contribution in [1.29, 1.82) is 0 Å². The lowest BCUT2D eigenvalue weighted by Crippen LogP contribution is -2.58. The predicted molar refractivity (Wildman–Crippen MR) is 206 cm³/mol. The Morgan fingerprint density at radius 2 is 1.57 bits per heavy atom. The van der Waals surface area contributed by atoms with Crippen LogP contribution in [0.3, 0.4) is 0 Å². The normalized spacial score (nSPS) is 27.3. The van der Waals surface area contributed by atoms with E-state index in [1.165, 1.54) is 0 Å². The molecule has 1 saturated heterocycles. The van der Waals surface area contributed by atoms with Crippen LogP contribution in [0.4, 0.5) is 0 Å². The van der Waals surface area contributed by atoms with Gasteiger partial charge in [0.05, 0.1) is 17.8 Å². The number of benzene rings is 3. The third-order valence-electron chi connectivity index (χ3n) is 11.4. The van der Waals surface area contributed by atoms with E-state index in [0.717, 1.165) is 59.9 Å². The van der Waals surface area contributed by atoms with E-state index in [4.69, 9.17) is 4.84 Å². The number of amides is 3. The highest BCUT2D eigenvalue weighted by Gasteiger charge is 2.62. The molecule has 8 rings (SSSR count). The Bertz CT molecular complexity index is 2040. The van der Waals surface area contributed by atoms with Crippen molar-refractivity contribution in [2.75, 3.05) is 13.1 Å². The number of rotatable bonds is 9. The SMILES string of the molecule is O=C1N[C@]2(C(=O)NS(=O)(=O)C3CC3)CC2/C=C\CCCCC[C@H](NCCc2ccccc2)C(=O)N2C[C@H](ON=C3c4ccccc4-c4ccccc43)C[C@@H]12. The van der Waals surface area contributed by atoms with Crippen LogP contribution in [0.15, 0.2) is 96.2 Å². The monoisotopic (exact) mass is 749 g/mol. The lowest BCUT2D eigenvalue weighted by molar-refractivity contribution is -0.141. The van der Waals surface area contributed by atoms with Gasteiger partial charge in [0.15, 0.2) is 0 Å². The summed E-state index contributed by atoms with van der Waals surface area (Å²) >= 11 is 0. The molecule has 2 heterocycles. The molecule has 3 fully saturated rings. The number of nitrogens with zero attached hydrogens (tertiary/aromatic N) is 2. The number of nitrogens with one attached hydrogen (secondary N) is 3. The molecule has 0 aromatic heterocycles. The maximum absolute atomic E-state index is 14.6. The number of oxime groups is 1. The topological polar surface area (TPSA) is 146 Å². The van der Waals surface area contributed by atoms with Crippen molar-refractivity contribution in [3.8, 4) is 11.1 Å². The summed E-state index contributed by atoms with van der Waals surface area (Å²) in [7, 11) is -3.84. The van der Waals surface area contributed by atoms with Crippen LogP contribution in [0.2, 0.25) is 0 Å². The molecule has 0 spiro atoms. The zero-order chi connectivity index (χ0) is 37.3. The predicted octanol–water partition coefficient (Wildman–Crippen LogP) is 4.61. The number of sulfonamides is 1. The highest BCUT2D eigenvalue weighted by molar-refractivity contribution is 7.91. The number of allylic oxidation sites excluding steroid dienone is 1. The summed E-state index contributed by atoms with van der Waals surface area (Å²) in [5, 5.41) is 10.5. The fourth-order valence-electron chi connectivity index (χ4n) is 8.15. The van der Waals surface area contributed by atoms with Crippen LogP contribution in [0.25, 0.3) is 11.1 Å². The summed E-state index contributed by atoms with van der Waals surface area (Å²) in [5.74, 6) is -1.80. The number of carbonyl (C=O) groups excluding carboxylic acids is 3. The fourth-order valence-corrected chi connectivity index (χ4v) is 9.51. The van der Waals surface area contributed by atoms with Crippen molar-refractivity contribution in [1.82, 2.24) is 20.3 Å². The molecule has 5 atom stereocenters. The highest BCUT2D eigenvalue weighted by Crippen LogP contribution is 2.46. The first-order valence-electron chi connectivity index (χ1n) is 19.3.